The summed E-state index contributed by atoms with van der Waals surface area (Å²) in [6.45, 7) is 4.01. The monoisotopic (exact) mass is 253 g/mol. The average molecular weight is 253 g/mol. The molecule has 1 aromatic carbocycles. The highest BCUT2D eigenvalue weighted by Gasteiger charge is 2.28. The topological polar surface area (TPSA) is 52.5 Å². The van der Waals surface area contributed by atoms with Gasteiger partial charge in [0.25, 0.3) is 0 Å². The molecule has 1 aromatic rings. The van der Waals surface area contributed by atoms with E-state index in [2.05, 4.69) is 12.2 Å². The molecule has 1 heterocycles. The molecule has 4 heteroatoms. The molecule has 0 amide bonds. The summed E-state index contributed by atoms with van der Waals surface area (Å²) in [5.74, 6) is 1.15. The first-order chi connectivity index (χ1) is 8.09. The van der Waals surface area contributed by atoms with E-state index in [1.807, 2.05) is 17.8 Å². The van der Waals surface area contributed by atoms with E-state index in [1.54, 1.807) is 6.07 Å². The summed E-state index contributed by atoms with van der Waals surface area (Å²) in [5, 5.41) is 22.0. The molecular weight excluding hydrogens is 234 g/mol. The Hall–Kier alpha value is -0.870. The molecule has 3 nitrogen and oxygen atoms in total. The van der Waals surface area contributed by atoms with Gasteiger partial charge in [-0.05, 0) is 43.2 Å². The Morgan fingerprint density at radius 2 is 2.18 bits per heavy atom. The first-order valence-corrected chi connectivity index (χ1v) is 6.93. The quantitative estimate of drug-likeness (QED) is 0.722. The van der Waals surface area contributed by atoms with Gasteiger partial charge in [-0.15, -0.1) is 0 Å². The van der Waals surface area contributed by atoms with Crippen molar-refractivity contribution in [2.24, 2.45) is 0 Å². The molecule has 94 valence electrons. The van der Waals surface area contributed by atoms with Crippen molar-refractivity contribution in [1.29, 1.82) is 0 Å². The van der Waals surface area contributed by atoms with E-state index in [0.717, 1.165) is 18.7 Å². The minimum Gasteiger partial charge on any atom is -0.504 e. The summed E-state index contributed by atoms with van der Waals surface area (Å²) in [6, 6.07) is 4.96. The number of nitrogens with one attached hydrogen (secondary N) is 1. The Balaban J connectivity index is 1.83. The van der Waals surface area contributed by atoms with Crippen LogP contribution in [0.2, 0.25) is 0 Å². The van der Waals surface area contributed by atoms with Gasteiger partial charge in [-0.3, -0.25) is 0 Å². The van der Waals surface area contributed by atoms with E-state index >= 15 is 0 Å². The van der Waals surface area contributed by atoms with E-state index in [0.29, 0.717) is 4.75 Å². The maximum atomic E-state index is 9.38. The molecule has 1 atom stereocenters. The van der Waals surface area contributed by atoms with Crippen molar-refractivity contribution in [2.45, 2.75) is 31.1 Å². The molecule has 0 aromatic heterocycles. The zero-order valence-electron chi connectivity index (χ0n) is 10.1. The van der Waals surface area contributed by atoms with Crippen LogP contribution in [0.25, 0.3) is 0 Å². The maximum Gasteiger partial charge on any atom is 0.157 e. The molecule has 0 aliphatic carbocycles. The lowest BCUT2D eigenvalue weighted by Gasteiger charge is -2.23. The third kappa shape index (κ3) is 3.30. The molecule has 1 aliphatic rings. The number of hydrogen-bond donors (Lipinski definition) is 3. The Kier molecular flexibility index (Phi) is 3.84. The van der Waals surface area contributed by atoms with E-state index in [9.17, 15) is 10.2 Å². The van der Waals surface area contributed by atoms with E-state index in [-0.39, 0.29) is 11.5 Å². The standard InChI is InChI=1S/C13H19NO2S/c1-13(5-2-6-17-13)9-14-8-10-3-4-11(15)12(16)7-10/h3-4,7,14-16H,2,5-6,8-9H2,1H3. The van der Waals surface area contributed by atoms with Crippen molar-refractivity contribution in [2.75, 3.05) is 12.3 Å². The number of rotatable bonds is 4. The van der Waals surface area contributed by atoms with Gasteiger partial charge in [-0.25, -0.2) is 0 Å². The van der Waals surface area contributed by atoms with Gasteiger partial charge in [0.15, 0.2) is 11.5 Å². The predicted molar refractivity (Wildman–Crippen MR) is 71.6 cm³/mol. The number of hydrogen-bond acceptors (Lipinski definition) is 4. The number of thioether (sulfide) groups is 1. The minimum absolute atomic E-state index is 0.0502. The van der Waals surface area contributed by atoms with Crippen LogP contribution in [0.4, 0.5) is 0 Å². The predicted octanol–water partition coefficient (Wildman–Crippen LogP) is 2.47. The molecule has 0 spiro atoms. The first kappa shape index (κ1) is 12.6. The molecule has 1 saturated heterocycles. The highest BCUT2D eigenvalue weighted by molar-refractivity contribution is 8.00. The van der Waals surface area contributed by atoms with Crippen LogP contribution in [0.3, 0.4) is 0 Å². The smallest absolute Gasteiger partial charge is 0.157 e. The second-order valence-corrected chi connectivity index (χ2v) is 6.51. The molecule has 0 bridgehead atoms. The van der Waals surface area contributed by atoms with E-state index in [1.165, 1.54) is 24.7 Å². The van der Waals surface area contributed by atoms with Gasteiger partial charge in [0.05, 0.1) is 0 Å². The summed E-state index contributed by atoms with van der Waals surface area (Å²) < 4.78 is 0.360. The third-order valence-corrected chi connectivity index (χ3v) is 4.71. The van der Waals surface area contributed by atoms with Crippen molar-refractivity contribution >= 4 is 11.8 Å². The molecule has 0 radical (unpaired) electrons. The molecule has 1 unspecified atom stereocenters. The zero-order valence-corrected chi connectivity index (χ0v) is 10.9. The van der Waals surface area contributed by atoms with Crippen LogP contribution >= 0.6 is 11.8 Å². The van der Waals surface area contributed by atoms with Gasteiger partial charge in [0, 0.05) is 17.8 Å². The second kappa shape index (κ2) is 5.19. The van der Waals surface area contributed by atoms with Crippen molar-refractivity contribution in [1.82, 2.24) is 5.32 Å². The average Bonchev–Trinajstić information content (AvgIpc) is 2.71. The number of phenols is 2. The fourth-order valence-corrected chi connectivity index (χ4v) is 3.40. The fourth-order valence-electron chi connectivity index (χ4n) is 2.13. The van der Waals surface area contributed by atoms with Crippen LogP contribution in [-0.2, 0) is 6.54 Å². The van der Waals surface area contributed by atoms with Crippen LogP contribution < -0.4 is 5.32 Å². The lowest BCUT2D eigenvalue weighted by molar-refractivity contribution is 0.403. The van der Waals surface area contributed by atoms with Gasteiger partial charge < -0.3 is 15.5 Å². The van der Waals surface area contributed by atoms with Gasteiger partial charge >= 0.3 is 0 Å². The SMILES string of the molecule is CC1(CNCc2ccc(O)c(O)c2)CCCS1. The Morgan fingerprint density at radius 1 is 1.35 bits per heavy atom. The molecule has 0 saturated carbocycles. The number of phenolic OH excluding ortho intramolecular Hbond substituents is 2. The molecule has 17 heavy (non-hydrogen) atoms. The molecular formula is C13H19NO2S. The number of benzene rings is 1. The highest BCUT2D eigenvalue weighted by Crippen LogP contribution is 2.37. The Labute approximate surface area is 106 Å². The van der Waals surface area contributed by atoms with E-state index < -0.39 is 0 Å². The summed E-state index contributed by atoms with van der Waals surface area (Å²) in [6.07, 6.45) is 2.58. The summed E-state index contributed by atoms with van der Waals surface area (Å²) >= 11 is 2.03. The van der Waals surface area contributed by atoms with Crippen molar-refractivity contribution in [3.63, 3.8) is 0 Å². The van der Waals surface area contributed by atoms with Crippen LogP contribution in [0.15, 0.2) is 18.2 Å². The van der Waals surface area contributed by atoms with Gasteiger partial charge in [-0.1, -0.05) is 6.07 Å². The highest BCUT2D eigenvalue weighted by atomic mass is 32.2. The normalized spacial score (nSPS) is 24.1. The lowest BCUT2D eigenvalue weighted by atomic mass is 10.1. The lowest BCUT2D eigenvalue weighted by Crippen LogP contribution is -2.32. The van der Waals surface area contributed by atoms with Gasteiger partial charge in [-0.2, -0.15) is 11.8 Å². The molecule has 3 N–H and O–H groups in total. The minimum atomic E-state index is -0.0629. The van der Waals surface area contributed by atoms with Crippen LogP contribution in [0.1, 0.15) is 25.3 Å². The van der Waals surface area contributed by atoms with Crippen LogP contribution in [-0.4, -0.2) is 27.3 Å². The summed E-state index contributed by atoms with van der Waals surface area (Å²) in [4.78, 5) is 0. The first-order valence-electron chi connectivity index (χ1n) is 5.95. The van der Waals surface area contributed by atoms with Crippen molar-refractivity contribution < 1.29 is 10.2 Å². The van der Waals surface area contributed by atoms with Crippen molar-refractivity contribution in [3.05, 3.63) is 23.8 Å². The van der Waals surface area contributed by atoms with Crippen LogP contribution in [0.5, 0.6) is 11.5 Å². The molecule has 1 aliphatic heterocycles. The van der Waals surface area contributed by atoms with Crippen LogP contribution in [0, 0.1) is 0 Å². The molecule has 2 rings (SSSR count). The van der Waals surface area contributed by atoms with Crippen molar-refractivity contribution in [3.8, 4) is 11.5 Å². The zero-order chi connectivity index (χ0) is 12.3. The summed E-state index contributed by atoms with van der Waals surface area (Å²) in [5.41, 5.74) is 0.992. The van der Waals surface area contributed by atoms with Gasteiger partial charge in [0.1, 0.15) is 0 Å². The largest absolute Gasteiger partial charge is 0.504 e. The Bertz CT molecular complexity index is 389. The summed E-state index contributed by atoms with van der Waals surface area (Å²) in [7, 11) is 0. The van der Waals surface area contributed by atoms with E-state index in [4.69, 9.17) is 0 Å². The molecule has 1 fully saturated rings. The maximum absolute atomic E-state index is 9.38. The Morgan fingerprint density at radius 3 is 2.82 bits per heavy atom. The second-order valence-electron chi connectivity index (χ2n) is 4.83. The van der Waals surface area contributed by atoms with Gasteiger partial charge in [0.2, 0.25) is 0 Å². The third-order valence-electron chi connectivity index (χ3n) is 3.17. The fraction of sp³-hybridized carbons (Fsp3) is 0.538. The number of aromatic hydroxyl groups is 2.